The fraction of sp³-hybridized carbons (Fsp3) is 0.500. The Bertz CT molecular complexity index is 338. The van der Waals surface area contributed by atoms with E-state index >= 15 is 0 Å². The van der Waals surface area contributed by atoms with Gasteiger partial charge in [-0.3, -0.25) is 0 Å². The van der Waals surface area contributed by atoms with Gasteiger partial charge in [0.05, 0.1) is 5.56 Å². The maximum Gasteiger partial charge on any atom is 0.416 e. The summed E-state index contributed by atoms with van der Waals surface area (Å²) in [5, 5.41) is 3.13. The summed E-state index contributed by atoms with van der Waals surface area (Å²) >= 11 is 0. The number of nitrogens with one attached hydrogen (secondary N) is 1. The molecular formula is C12H14F3N. The lowest BCUT2D eigenvalue weighted by Gasteiger charge is -2.09. The summed E-state index contributed by atoms with van der Waals surface area (Å²) in [4.78, 5) is 0. The molecule has 1 aliphatic carbocycles. The molecule has 16 heavy (non-hydrogen) atoms. The Hall–Kier alpha value is -1.19. The highest BCUT2D eigenvalue weighted by molar-refractivity contribution is 5.45. The predicted molar refractivity (Wildman–Crippen MR) is 57.3 cm³/mol. The van der Waals surface area contributed by atoms with Crippen molar-refractivity contribution in [1.82, 2.24) is 0 Å². The SMILES string of the molecule is FC(F)(F)c1ccc(NCCC2CC2)cc1. The molecule has 1 N–H and O–H groups in total. The van der Waals surface area contributed by atoms with E-state index in [4.69, 9.17) is 0 Å². The highest BCUT2D eigenvalue weighted by atomic mass is 19.4. The zero-order valence-corrected chi connectivity index (χ0v) is 8.85. The van der Waals surface area contributed by atoms with Gasteiger partial charge < -0.3 is 5.32 Å². The molecule has 1 fully saturated rings. The van der Waals surface area contributed by atoms with Crippen LogP contribution in [0.3, 0.4) is 0 Å². The molecule has 2 rings (SSSR count). The van der Waals surface area contributed by atoms with Gasteiger partial charge in [0.2, 0.25) is 0 Å². The van der Waals surface area contributed by atoms with Crippen LogP contribution in [0.5, 0.6) is 0 Å². The van der Waals surface area contributed by atoms with E-state index in [0.29, 0.717) is 0 Å². The number of benzene rings is 1. The van der Waals surface area contributed by atoms with Crippen molar-refractivity contribution in [3.63, 3.8) is 0 Å². The molecule has 0 aromatic heterocycles. The zero-order chi connectivity index (χ0) is 11.6. The molecule has 1 nitrogen and oxygen atoms in total. The van der Waals surface area contributed by atoms with Crippen LogP contribution in [-0.2, 0) is 6.18 Å². The third kappa shape index (κ3) is 3.15. The number of hydrogen-bond acceptors (Lipinski definition) is 1. The van der Waals surface area contributed by atoms with Gasteiger partial charge in [-0.2, -0.15) is 13.2 Å². The molecule has 0 radical (unpaired) electrons. The summed E-state index contributed by atoms with van der Waals surface area (Å²) in [5.74, 6) is 0.835. The lowest BCUT2D eigenvalue weighted by atomic mass is 10.2. The topological polar surface area (TPSA) is 12.0 Å². The maximum absolute atomic E-state index is 12.3. The molecule has 1 aromatic carbocycles. The molecule has 0 amide bonds. The first-order valence-electron chi connectivity index (χ1n) is 5.47. The molecular weight excluding hydrogens is 215 g/mol. The van der Waals surface area contributed by atoms with Gasteiger partial charge in [-0.25, -0.2) is 0 Å². The average molecular weight is 229 g/mol. The minimum atomic E-state index is -4.24. The quantitative estimate of drug-likeness (QED) is 0.825. The van der Waals surface area contributed by atoms with Crippen LogP contribution in [0.2, 0.25) is 0 Å². The first kappa shape index (κ1) is 11.3. The van der Waals surface area contributed by atoms with Crippen LogP contribution in [-0.4, -0.2) is 6.54 Å². The van der Waals surface area contributed by atoms with E-state index in [1.807, 2.05) is 0 Å². The third-order valence-electron chi connectivity index (χ3n) is 2.79. The van der Waals surface area contributed by atoms with E-state index in [1.165, 1.54) is 25.0 Å². The first-order chi connectivity index (χ1) is 7.55. The summed E-state index contributed by atoms with van der Waals surface area (Å²) in [6, 6.07) is 5.18. The van der Waals surface area contributed by atoms with Gasteiger partial charge in [0.25, 0.3) is 0 Å². The van der Waals surface area contributed by atoms with Crippen LogP contribution in [0.1, 0.15) is 24.8 Å². The molecule has 0 bridgehead atoms. The van der Waals surface area contributed by atoms with Crippen LogP contribution in [0.4, 0.5) is 18.9 Å². The van der Waals surface area contributed by atoms with Crippen molar-refractivity contribution in [3.05, 3.63) is 29.8 Å². The maximum atomic E-state index is 12.3. The second-order valence-corrected chi connectivity index (χ2v) is 4.23. The summed E-state index contributed by atoms with van der Waals surface area (Å²) in [6.45, 7) is 0.843. The fourth-order valence-corrected chi connectivity index (χ4v) is 1.60. The summed E-state index contributed by atoms with van der Waals surface area (Å²) in [6.07, 6.45) is -0.531. The fourth-order valence-electron chi connectivity index (χ4n) is 1.60. The number of alkyl halides is 3. The summed E-state index contributed by atoms with van der Waals surface area (Å²) in [7, 11) is 0. The first-order valence-corrected chi connectivity index (χ1v) is 5.47. The van der Waals surface area contributed by atoms with E-state index in [9.17, 15) is 13.2 Å². The van der Waals surface area contributed by atoms with Crippen molar-refractivity contribution in [1.29, 1.82) is 0 Å². The molecule has 1 aliphatic rings. The zero-order valence-electron chi connectivity index (χ0n) is 8.85. The molecule has 0 heterocycles. The monoisotopic (exact) mass is 229 g/mol. The van der Waals surface area contributed by atoms with Gasteiger partial charge in [0.1, 0.15) is 0 Å². The molecule has 0 saturated heterocycles. The number of rotatable bonds is 4. The van der Waals surface area contributed by atoms with Gasteiger partial charge in [0, 0.05) is 12.2 Å². The standard InChI is InChI=1S/C12H14F3N/c13-12(14,15)10-3-5-11(6-4-10)16-8-7-9-1-2-9/h3-6,9,16H,1-2,7-8H2. The van der Waals surface area contributed by atoms with Gasteiger partial charge in [-0.05, 0) is 36.6 Å². The van der Waals surface area contributed by atoms with Gasteiger partial charge >= 0.3 is 6.18 Å². The van der Waals surface area contributed by atoms with Crippen molar-refractivity contribution in [2.45, 2.75) is 25.4 Å². The minimum absolute atomic E-state index is 0.597. The minimum Gasteiger partial charge on any atom is -0.385 e. The van der Waals surface area contributed by atoms with Crippen LogP contribution >= 0.6 is 0 Å². The largest absolute Gasteiger partial charge is 0.416 e. The predicted octanol–water partition coefficient (Wildman–Crippen LogP) is 3.92. The Morgan fingerprint density at radius 3 is 2.25 bits per heavy atom. The molecule has 0 spiro atoms. The van der Waals surface area contributed by atoms with E-state index in [0.717, 1.165) is 36.7 Å². The van der Waals surface area contributed by atoms with Crippen molar-refractivity contribution in [3.8, 4) is 0 Å². The van der Waals surface area contributed by atoms with E-state index in [2.05, 4.69) is 5.32 Å². The number of anilines is 1. The highest BCUT2D eigenvalue weighted by Gasteiger charge is 2.29. The summed E-state index contributed by atoms with van der Waals surface area (Å²) in [5.41, 5.74) is 0.161. The van der Waals surface area contributed by atoms with Crippen LogP contribution in [0.15, 0.2) is 24.3 Å². The van der Waals surface area contributed by atoms with Crippen LogP contribution < -0.4 is 5.32 Å². The van der Waals surface area contributed by atoms with Crippen molar-refractivity contribution in [2.24, 2.45) is 5.92 Å². The van der Waals surface area contributed by atoms with Crippen LogP contribution in [0, 0.1) is 5.92 Å². The Kier molecular flexibility index (Phi) is 3.08. The second kappa shape index (κ2) is 4.36. The Labute approximate surface area is 92.7 Å². The number of halogens is 3. The van der Waals surface area contributed by atoms with Crippen LogP contribution in [0.25, 0.3) is 0 Å². The van der Waals surface area contributed by atoms with E-state index in [-0.39, 0.29) is 0 Å². The normalized spacial score (nSPS) is 16.2. The molecule has 4 heteroatoms. The molecule has 0 atom stereocenters. The highest BCUT2D eigenvalue weighted by Crippen LogP contribution is 2.32. The smallest absolute Gasteiger partial charge is 0.385 e. The van der Waals surface area contributed by atoms with Gasteiger partial charge in [0.15, 0.2) is 0 Å². The molecule has 88 valence electrons. The Morgan fingerprint density at radius 2 is 1.75 bits per heavy atom. The van der Waals surface area contributed by atoms with Gasteiger partial charge in [-0.15, -0.1) is 0 Å². The van der Waals surface area contributed by atoms with Crippen molar-refractivity contribution in [2.75, 3.05) is 11.9 Å². The molecule has 0 aliphatic heterocycles. The lowest BCUT2D eigenvalue weighted by Crippen LogP contribution is -2.06. The third-order valence-corrected chi connectivity index (χ3v) is 2.79. The van der Waals surface area contributed by atoms with E-state index < -0.39 is 11.7 Å². The lowest BCUT2D eigenvalue weighted by molar-refractivity contribution is -0.137. The number of hydrogen-bond donors (Lipinski definition) is 1. The Morgan fingerprint density at radius 1 is 1.12 bits per heavy atom. The molecule has 0 unspecified atom stereocenters. The molecule has 1 aromatic rings. The Balaban J connectivity index is 1.85. The van der Waals surface area contributed by atoms with E-state index in [1.54, 1.807) is 0 Å². The summed E-state index contributed by atoms with van der Waals surface area (Å²) < 4.78 is 36.8. The van der Waals surface area contributed by atoms with Gasteiger partial charge in [-0.1, -0.05) is 12.8 Å². The second-order valence-electron chi connectivity index (χ2n) is 4.23. The van der Waals surface area contributed by atoms with Crippen molar-refractivity contribution < 1.29 is 13.2 Å². The average Bonchev–Trinajstić information content (AvgIpc) is 3.01. The van der Waals surface area contributed by atoms with Crippen molar-refractivity contribution >= 4 is 5.69 Å². The molecule has 1 saturated carbocycles.